The molecule has 0 saturated carbocycles. The highest BCUT2D eigenvalue weighted by Gasteiger charge is 2.20. The number of hydrogen-bond acceptors (Lipinski definition) is 4. The second kappa shape index (κ2) is 5.10. The highest BCUT2D eigenvalue weighted by atomic mass is 79.9. The zero-order valence-corrected chi connectivity index (χ0v) is 11.1. The minimum atomic E-state index is -0.193. The number of Topliss-reactive ketones (excluding diaryl/α,β-unsaturated/α-hetero) is 1. The molecule has 2 heterocycles. The lowest BCUT2D eigenvalue weighted by Crippen LogP contribution is -2.32. The fraction of sp³-hybridized carbons (Fsp3) is 0.545. The number of hydrogen-bond donors (Lipinski definition) is 0. The van der Waals surface area contributed by atoms with Crippen LogP contribution in [0.15, 0.2) is 15.3 Å². The van der Waals surface area contributed by atoms with E-state index in [4.69, 9.17) is 4.74 Å². The molecule has 1 aliphatic rings. The molecule has 0 spiro atoms. The van der Waals surface area contributed by atoms with Crippen molar-refractivity contribution in [3.8, 4) is 0 Å². The van der Waals surface area contributed by atoms with E-state index in [2.05, 4.69) is 21.0 Å². The van der Waals surface area contributed by atoms with Gasteiger partial charge < -0.3 is 4.74 Å². The molecule has 5 nitrogen and oxygen atoms in total. The summed E-state index contributed by atoms with van der Waals surface area (Å²) in [7, 11) is 0. The summed E-state index contributed by atoms with van der Waals surface area (Å²) in [5.74, 6) is -0.147. The first kappa shape index (κ1) is 12.4. The van der Waals surface area contributed by atoms with Gasteiger partial charge in [0.2, 0.25) is 0 Å². The molecule has 1 aromatic rings. The molecule has 6 heteroatoms. The highest BCUT2D eigenvalue weighted by molar-refractivity contribution is 9.10. The third kappa shape index (κ3) is 2.63. The van der Waals surface area contributed by atoms with Crippen LogP contribution < -0.4 is 5.56 Å². The Morgan fingerprint density at radius 1 is 1.53 bits per heavy atom. The normalized spacial score (nSPS) is 17.1. The van der Waals surface area contributed by atoms with E-state index in [-0.39, 0.29) is 17.4 Å². The molecule has 0 amide bonds. The number of halogens is 1. The van der Waals surface area contributed by atoms with Crippen LogP contribution in [0.25, 0.3) is 0 Å². The molecule has 0 bridgehead atoms. The summed E-state index contributed by atoms with van der Waals surface area (Å²) in [6.45, 7) is 2.69. The maximum Gasteiger partial charge on any atom is 0.281 e. The van der Waals surface area contributed by atoms with E-state index in [0.717, 1.165) is 12.8 Å². The van der Waals surface area contributed by atoms with Crippen LogP contribution in [0.5, 0.6) is 0 Å². The first-order valence-electron chi connectivity index (χ1n) is 5.47. The van der Waals surface area contributed by atoms with Crippen LogP contribution in [0.3, 0.4) is 0 Å². The van der Waals surface area contributed by atoms with Crippen LogP contribution in [0.1, 0.15) is 36.3 Å². The van der Waals surface area contributed by atoms with Gasteiger partial charge in [0.1, 0.15) is 5.69 Å². The van der Waals surface area contributed by atoms with Gasteiger partial charge in [-0.05, 0) is 34.8 Å². The molecule has 1 aromatic heterocycles. The number of ketones is 1. The van der Waals surface area contributed by atoms with Gasteiger partial charge in [0.25, 0.3) is 5.56 Å². The molecule has 0 unspecified atom stereocenters. The molecular weight excluding hydrogens is 288 g/mol. The molecule has 0 N–H and O–H groups in total. The van der Waals surface area contributed by atoms with E-state index in [1.165, 1.54) is 17.7 Å². The van der Waals surface area contributed by atoms with Crippen LogP contribution in [-0.4, -0.2) is 28.8 Å². The minimum Gasteiger partial charge on any atom is -0.381 e. The van der Waals surface area contributed by atoms with Crippen molar-refractivity contribution < 1.29 is 9.53 Å². The topological polar surface area (TPSA) is 61.2 Å². The first-order chi connectivity index (χ1) is 8.09. The standard InChI is InChI=1S/C11H13BrN2O3/c1-7(15)10-6-9(12)11(16)14(13-10)8-2-4-17-5-3-8/h6,8H,2-5H2,1H3. The number of carbonyl (C=O) groups excluding carboxylic acids is 1. The summed E-state index contributed by atoms with van der Waals surface area (Å²) in [6, 6.07) is 1.49. The molecule has 17 heavy (non-hydrogen) atoms. The Hall–Kier alpha value is -1.01. The van der Waals surface area contributed by atoms with Crippen molar-refractivity contribution in [1.82, 2.24) is 9.78 Å². The van der Waals surface area contributed by atoms with Gasteiger partial charge in [-0.2, -0.15) is 5.10 Å². The summed E-state index contributed by atoms with van der Waals surface area (Å²) in [5, 5.41) is 4.13. The molecule has 0 aromatic carbocycles. The molecule has 1 fully saturated rings. The van der Waals surface area contributed by atoms with Gasteiger partial charge in [0, 0.05) is 20.1 Å². The summed E-state index contributed by atoms with van der Waals surface area (Å²) in [5.41, 5.74) is 0.116. The van der Waals surface area contributed by atoms with Crippen LogP contribution in [0, 0.1) is 0 Å². The highest BCUT2D eigenvalue weighted by Crippen LogP contribution is 2.19. The monoisotopic (exact) mass is 300 g/mol. The first-order valence-corrected chi connectivity index (χ1v) is 6.27. The van der Waals surface area contributed by atoms with Crippen molar-refractivity contribution in [1.29, 1.82) is 0 Å². The minimum absolute atomic E-state index is 0.0202. The third-order valence-electron chi connectivity index (χ3n) is 2.79. The van der Waals surface area contributed by atoms with Crippen LogP contribution >= 0.6 is 15.9 Å². The van der Waals surface area contributed by atoms with Gasteiger partial charge in [-0.25, -0.2) is 4.68 Å². The van der Waals surface area contributed by atoms with E-state index in [0.29, 0.717) is 23.4 Å². The number of aromatic nitrogens is 2. The van der Waals surface area contributed by atoms with Crippen molar-refractivity contribution in [2.45, 2.75) is 25.8 Å². The van der Waals surface area contributed by atoms with Crippen molar-refractivity contribution >= 4 is 21.7 Å². The molecule has 0 aliphatic carbocycles. The van der Waals surface area contributed by atoms with Gasteiger partial charge >= 0.3 is 0 Å². The number of nitrogens with zero attached hydrogens (tertiary/aromatic N) is 2. The van der Waals surface area contributed by atoms with Crippen molar-refractivity contribution in [3.63, 3.8) is 0 Å². The Morgan fingerprint density at radius 3 is 2.76 bits per heavy atom. The molecule has 1 aliphatic heterocycles. The summed E-state index contributed by atoms with van der Waals surface area (Å²) in [6.07, 6.45) is 1.50. The average Bonchev–Trinajstić information content (AvgIpc) is 2.33. The van der Waals surface area contributed by atoms with Gasteiger partial charge in [0.05, 0.1) is 10.5 Å². The van der Waals surface area contributed by atoms with Gasteiger partial charge in [-0.3, -0.25) is 9.59 Å². The Morgan fingerprint density at radius 2 is 2.18 bits per heavy atom. The molecular formula is C11H13BrN2O3. The van der Waals surface area contributed by atoms with E-state index in [9.17, 15) is 9.59 Å². The average molecular weight is 301 g/mol. The van der Waals surface area contributed by atoms with E-state index >= 15 is 0 Å². The quantitative estimate of drug-likeness (QED) is 0.778. The van der Waals surface area contributed by atoms with Crippen molar-refractivity contribution in [3.05, 3.63) is 26.6 Å². The zero-order valence-electron chi connectivity index (χ0n) is 9.48. The second-order valence-electron chi connectivity index (χ2n) is 4.03. The zero-order chi connectivity index (χ0) is 12.4. The molecule has 1 saturated heterocycles. The lowest BCUT2D eigenvalue weighted by atomic mass is 10.1. The number of carbonyl (C=O) groups is 1. The second-order valence-corrected chi connectivity index (χ2v) is 4.88. The van der Waals surface area contributed by atoms with Gasteiger partial charge in [0.15, 0.2) is 5.78 Å². The Labute approximate surface area is 107 Å². The smallest absolute Gasteiger partial charge is 0.281 e. The molecule has 0 atom stereocenters. The fourth-order valence-corrected chi connectivity index (χ4v) is 2.23. The maximum absolute atomic E-state index is 11.9. The van der Waals surface area contributed by atoms with Crippen LogP contribution in [0.4, 0.5) is 0 Å². The maximum atomic E-state index is 11.9. The van der Waals surface area contributed by atoms with E-state index < -0.39 is 0 Å². The molecule has 92 valence electrons. The number of rotatable bonds is 2. The number of ether oxygens (including phenoxy) is 1. The van der Waals surface area contributed by atoms with Gasteiger partial charge in [-0.15, -0.1) is 0 Å². The summed E-state index contributed by atoms with van der Waals surface area (Å²) >= 11 is 3.18. The molecule has 0 radical (unpaired) electrons. The van der Waals surface area contributed by atoms with Crippen LogP contribution in [-0.2, 0) is 4.74 Å². The van der Waals surface area contributed by atoms with Crippen LogP contribution in [0.2, 0.25) is 0 Å². The largest absolute Gasteiger partial charge is 0.381 e. The van der Waals surface area contributed by atoms with E-state index in [1.54, 1.807) is 0 Å². The molecule has 2 rings (SSSR count). The third-order valence-corrected chi connectivity index (χ3v) is 3.36. The summed E-state index contributed by atoms with van der Waals surface area (Å²) < 4.78 is 7.03. The van der Waals surface area contributed by atoms with Crippen molar-refractivity contribution in [2.75, 3.05) is 13.2 Å². The predicted octanol–water partition coefficient (Wildman–Crippen LogP) is 1.56. The Kier molecular flexibility index (Phi) is 3.73. The predicted molar refractivity (Wildman–Crippen MR) is 65.3 cm³/mol. The van der Waals surface area contributed by atoms with E-state index in [1.807, 2.05) is 0 Å². The fourth-order valence-electron chi connectivity index (χ4n) is 1.83. The Bertz CT molecular complexity index is 492. The lowest BCUT2D eigenvalue weighted by Gasteiger charge is -2.23. The lowest BCUT2D eigenvalue weighted by molar-refractivity contribution is 0.0644. The van der Waals surface area contributed by atoms with Crippen molar-refractivity contribution in [2.24, 2.45) is 0 Å². The summed E-state index contributed by atoms with van der Waals surface area (Å²) in [4.78, 5) is 23.3. The SMILES string of the molecule is CC(=O)c1cc(Br)c(=O)n(C2CCOCC2)n1. The van der Waals surface area contributed by atoms with Gasteiger partial charge in [-0.1, -0.05) is 0 Å². The Balaban J connectivity index is 2.44.